The number of likely N-dealkylation sites (tertiary alicyclic amines) is 1. The van der Waals surface area contributed by atoms with E-state index in [4.69, 9.17) is 21.1 Å². The number of hydrogen-bond acceptors (Lipinski definition) is 7. The molecule has 0 radical (unpaired) electrons. The summed E-state index contributed by atoms with van der Waals surface area (Å²) in [6.07, 6.45) is 0.630. The van der Waals surface area contributed by atoms with E-state index in [1.54, 1.807) is 43.0 Å². The van der Waals surface area contributed by atoms with E-state index in [1.807, 2.05) is 30.3 Å². The van der Waals surface area contributed by atoms with E-state index in [1.165, 1.54) is 7.05 Å². The van der Waals surface area contributed by atoms with Crippen LogP contribution in [0.3, 0.4) is 0 Å². The van der Waals surface area contributed by atoms with E-state index in [2.05, 4.69) is 16.7 Å². The quantitative estimate of drug-likeness (QED) is 0.365. The molecular formula is C29H36N6O4. The number of benzene rings is 2. The second kappa shape index (κ2) is 12.5. The number of nitrogens with two attached hydrogens (primary N) is 1. The third kappa shape index (κ3) is 7.21. The summed E-state index contributed by atoms with van der Waals surface area (Å²) in [6.45, 7) is 3.43. The Balaban J connectivity index is 1.83. The fourth-order valence-electron chi connectivity index (χ4n) is 4.58. The highest BCUT2D eigenvalue weighted by Crippen LogP contribution is 2.32. The Morgan fingerprint density at radius 1 is 1.21 bits per heavy atom. The van der Waals surface area contributed by atoms with Crippen molar-refractivity contribution in [3.05, 3.63) is 65.7 Å². The Morgan fingerprint density at radius 2 is 1.92 bits per heavy atom. The third-order valence-electron chi connectivity index (χ3n) is 6.82. The maximum Gasteiger partial charge on any atom is 0.245 e. The van der Waals surface area contributed by atoms with Crippen LogP contribution in [0.25, 0.3) is 0 Å². The van der Waals surface area contributed by atoms with Gasteiger partial charge in [0, 0.05) is 38.7 Å². The first-order valence-electron chi connectivity index (χ1n) is 12.9. The molecule has 2 aromatic carbocycles. The zero-order valence-electron chi connectivity index (χ0n) is 22.6. The van der Waals surface area contributed by atoms with Crippen LogP contribution in [-0.2, 0) is 20.8 Å². The van der Waals surface area contributed by atoms with Crippen molar-refractivity contribution in [3.8, 4) is 11.8 Å². The van der Waals surface area contributed by atoms with E-state index in [-0.39, 0.29) is 56.5 Å². The first-order valence-corrected chi connectivity index (χ1v) is 12.9. The number of nitrogens with zero attached hydrogens (tertiary/aromatic N) is 2. The molecule has 206 valence electrons. The smallest absolute Gasteiger partial charge is 0.245 e. The molecule has 0 aliphatic carbocycles. The normalized spacial score (nSPS) is 18.0. The second-order valence-electron chi connectivity index (χ2n) is 10.3. The molecule has 1 fully saturated rings. The number of nitrogens with one attached hydrogen (secondary N) is 3. The predicted molar refractivity (Wildman–Crippen MR) is 147 cm³/mol. The van der Waals surface area contributed by atoms with Crippen molar-refractivity contribution in [1.29, 1.82) is 10.7 Å². The average Bonchev–Trinajstić information content (AvgIpc) is 2.93. The fraction of sp³-hybridized carbons (Fsp3) is 0.414. The van der Waals surface area contributed by atoms with Gasteiger partial charge in [-0.05, 0) is 44.0 Å². The van der Waals surface area contributed by atoms with Crippen LogP contribution in [0, 0.1) is 22.2 Å². The first kappa shape index (κ1) is 29.3. The SMILES string of the molecule is CNC(=O)[C@]1(Cc2ccccc2)CN(C(=O)[C@@H](CCOc2cccc(C#N)c2)NC(=O)C(C)(C)N)CCC1=N. The summed E-state index contributed by atoms with van der Waals surface area (Å²) in [5, 5.41) is 23.3. The van der Waals surface area contributed by atoms with Crippen molar-refractivity contribution in [2.75, 3.05) is 26.7 Å². The molecular weight excluding hydrogens is 496 g/mol. The predicted octanol–water partition coefficient (Wildman–Crippen LogP) is 1.78. The van der Waals surface area contributed by atoms with Gasteiger partial charge in [0.25, 0.3) is 0 Å². The minimum atomic E-state index is -1.24. The molecule has 1 aliphatic rings. The molecule has 3 amide bonds. The lowest BCUT2D eigenvalue weighted by molar-refractivity contribution is -0.141. The largest absolute Gasteiger partial charge is 0.493 e. The molecule has 5 N–H and O–H groups in total. The molecule has 2 aromatic rings. The van der Waals surface area contributed by atoms with Crippen LogP contribution in [0.5, 0.6) is 5.75 Å². The van der Waals surface area contributed by atoms with Crippen molar-refractivity contribution in [2.24, 2.45) is 11.1 Å². The van der Waals surface area contributed by atoms with Crippen molar-refractivity contribution in [1.82, 2.24) is 15.5 Å². The Hall–Kier alpha value is -4.23. The molecule has 3 rings (SSSR count). The van der Waals surface area contributed by atoms with Crippen molar-refractivity contribution < 1.29 is 19.1 Å². The van der Waals surface area contributed by atoms with E-state index >= 15 is 0 Å². The number of carbonyl (C=O) groups excluding carboxylic acids is 3. The lowest BCUT2D eigenvalue weighted by Gasteiger charge is -2.43. The van der Waals surface area contributed by atoms with Gasteiger partial charge in [-0.15, -0.1) is 0 Å². The number of nitriles is 1. The highest BCUT2D eigenvalue weighted by atomic mass is 16.5. The van der Waals surface area contributed by atoms with Gasteiger partial charge in [0.2, 0.25) is 17.7 Å². The Labute approximate surface area is 229 Å². The lowest BCUT2D eigenvalue weighted by atomic mass is 9.72. The maximum absolute atomic E-state index is 13.8. The molecule has 2 atom stereocenters. The van der Waals surface area contributed by atoms with E-state index in [0.29, 0.717) is 11.3 Å². The summed E-state index contributed by atoms with van der Waals surface area (Å²) in [4.78, 5) is 41.4. The van der Waals surface area contributed by atoms with Gasteiger partial charge in [-0.25, -0.2) is 0 Å². The summed E-state index contributed by atoms with van der Waals surface area (Å²) >= 11 is 0. The van der Waals surface area contributed by atoms with Gasteiger partial charge >= 0.3 is 0 Å². The number of piperidine rings is 1. The van der Waals surface area contributed by atoms with Crippen LogP contribution < -0.4 is 21.1 Å². The fourth-order valence-corrected chi connectivity index (χ4v) is 4.58. The second-order valence-corrected chi connectivity index (χ2v) is 10.3. The van der Waals surface area contributed by atoms with Gasteiger partial charge in [0.15, 0.2) is 0 Å². The minimum absolute atomic E-state index is 0.00267. The van der Waals surface area contributed by atoms with Crippen molar-refractivity contribution in [2.45, 2.75) is 44.7 Å². The van der Waals surface area contributed by atoms with E-state index < -0.39 is 22.9 Å². The Kier molecular flexibility index (Phi) is 9.43. The molecule has 0 spiro atoms. The lowest BCUT2D eigenvalue weighted by Crippen LogP contribution is -2.62. The highest BCUT2D eigenvalue weighted by Gasteiger charge is 2.48. The number of amides is 3. The van der Waals surface area contributed by atoms with Gasteiger partial charge in [0.1, 0.15) is 17.2 Å². The molecule has 1 heterocycles. The molecule has 0 unspecified atom stereocenters. The zero-order valence-corrected chi connectivity index (χ0v) is 22.6. The standard InChI is InChI=1S/C29H36N6O4/c1-28(2,32)26(37)34-23(13-15-39-22-11-7-10-21(16-22)18-30)25(36)35-14-12-24(31)29(19-35,27(38)33-3)17-20-8-5-4-6-9-20/h4-11,16,23,31H,12-15,17,19,32H2,1-3H3,(H,33,38)(H,34,37)/t23-,29-/m1/s1. The van der Waals surface area contributed by atoms with Crippen LogP contribution in [0.15, 0.2) is 54.6 Å². The van der Waals surface area contributed by atoms with E-state index in [9.17, 15) is 14.4 Å². The topological polar surface area (TPSA) is 161 Å². The molecule has 0 aromatic heterocycles. The van der Waals surface area contributed by atoms with Crippen LogP contribution in [0.2, 0.25) is 0 Å². The highest BCUT2D eigenvalue weighted by molar-refractivity contribution is 6.09. The summed E-state index contributed by atoms with van der Waals surface area (Å²) in [5.74, 6) is -0.744. The summed E-state index contributed by atoms with van der Waals surface area (Å²) in [6, 6.07) is 17.1. The Bertz CT molecular complexity index is 1240. The van der Waals surface area contributed by atoms with Gasteiger partial charge in [-0.1, -0.05) is 36.4 Å². The zero-order chi connectivity index (χ0) is 28.6. The first-order chi connectivity index (χ1) is 18.5. The van der Waals surface area contributed by atoms with Gasteiger partial charge in [-0.3, -0.25) is 14.4 Å². The number of hydrogen-bond donors (Lipinski definition) is 4. The van der Waals surface area contributed by atoms with Gasteiger partial charge < -0.3 is 31.4 Å². The number of carbonyl (C=O) groups is 3. The summed E-state index contributed by atoms with van der Waals surface area (Å²) in [7, 11) is 1.52. The molecule has 1 saturated heterocycles. The minimum Gasteiger partial charge on any atom is -0.493 e. The van der Waals surface area contributed by atoms with Crippen LogP contribution >= 0.6 is 0 Å². The number of ether oxygens (including phenoxy) is 1. The monoisotopic (exact) mass is 532 g/mol. The molecule has 10 heteroatoms. The molecule has 10 nitrogen and oxygen atoms in total. The van der Waals surface area contributed by atoms with Crippen molar-refractivity contribution in [3.63, 3.8) is 0 Å². The van der Waals surface area contributed by atoms with Crippen LogP contribution in [0.1, 0.15) is 37.8 Å². The summed E-state index contributed by atoms with van der Waals surface area (Å²) < 4.78 is 5.77. The molecule has 39 heavy (non-hydrogen) atoms. The number of rotatable bonds is 10. The Morgan fingerprint density at radius 3 is 2.56 bits per heavy atom. The average molecular weight is 533 g/mol. The molecule has 1 aliphatic heterocycles. The van der Waals surface area contributed by atoms with Crippen LogP contribution in [0.4, 0.5) is 0 Å². The van der Waals surface area contributed by atoms with Gasteiger partial charge in [-0.2, -0.15) is 5.26 Å². The molecule has 0 bridgehead atoms. The maximum atomic E-state index is 13.8. The van der Waals surface area contributed by atoms with E-state index in [0.717, 1.165) is 5.56 Å². The third-order valence-corrected chi connectivity index (χ3v) is 6.82. The van der Waals surface area contributed by atoms with Gasteiger partial charge in [0.05, 0.1) is 23.8 Å². The molecule has 0 saturated carbocycles. The summed E-state index contributed by atoms with van der Waals surface area (Å²) in [5.41, 5.74) is 5.11. The van der Waals surface area contributed by atoms with Crippen molar-refractivity contribution >= 4 is 23.4 Å². The van der Waals surface area contributed by atoms with Crippen LogP contribution in [-0.4, -0.2) is 66.7 Å².